The third-order valence-electron chi connectivity index (χ3n) is 4.98. The summed E-state index contributed by atoms with van der Waals surface area (Å²) in [5, 5.41) is 2.44. The largest absolute Gasteiger partial charge is 0.363 e. The van der Waals surface area contributed by atoms with E-state index in [0.717, 1.165) is 5.56 Å². The second kappa shape index (κ2) is 6.69. The van der Waals surface area contributed by atoms with Crippen molar-refractivity contribution in [2.75, 3.05) is 20.2 Å². The van der Waals surface area contributed by atoms with Gasteiger partial charge in [-0.05, 0) is 21.9 Å². The summed E-state index contributed by atoms with van der Waals surface area (Å²) in [6, 6.07) is 25.1. The van der Waals surface area contributed by atoms with Crippen molar-refractivity contribution in [1.82, 2.24) is 4.90 Å². The molecule has 3 aromatic carbocycles. The van der Waals surface area contributed by atoms with Crippen LogP contribution in [0.5, 0.6) is 0 Å². The van der Waals surface area contributed by atoms with Gasteiger partial charge in [0.1, 0.15) is 6.61 Å². The highest BCUT2D eigenvalue weighted by Crippen LogP contribution is 2.37. The number of fused-ring (bicyclic) bond motifs is 1. The fourth-order valence-corrected chi connectivity index (χ4v) is 3.57. The molecule has 1 aliphatic heterocycles. The lowest BCUT2D eigenvalue weighted by Gasteiger charge is -2.27. The van der Waals surface area contributed by atoms with E-state index in [1.165, 1.54) is 16.3 Å². The van der Waals surface area contributed by atoms with Crippen molar-refractivity contribution in [2.45, 2.75) is 12.0 Å². The maximum absolute atomic E-state index is 12.2. The van der Waals surface area contributed by atoms with E-state index in [1.54, 1.807) is 4.90 Å². The molecular formula is C22H21NO2. The van der Waals surface area contributed by atoms with E-state index in [2.05, 4.69) is 54.6 Å². The van der Waals surface area contributed by atoms with Gasteiger partial charge in [-0.2, -0.15) is 0 Å². The van der Waals surface area contributed by atoms with E-state index >= 15 is 0 Å². The molecule has 1 amide bonds. The number of rotatable bonds is 2. The summed E-state index contributed by atoms with van der Waals surface area (Å²) >= 11 is 0. The zero-order valence-electron chi connectivity index (χ0n) is 14.3. The minimum absolute atomic E-state index is 0.0317. The quantitative estimate of drug-likeness (QED) is 0.706. The van der Waals surface area contributed by atoms with Crippen molar-refractivity contribution in [1.29, 1.82) is 0 Å². The second-order valence-corrected chi connectivity index (χ2v) is 6.63. The van der Waals surface area contributed by atoms with Gasteiger partial charge >= 0.3 is 0 Å². The molecule has 4 rings (SSSR count). The van der Waals surface area contributed by atoms with Gasteiger partial charge in [0.05, 0.1) is 6.10 Å². The molecule has 126 valence electrons. The summed E-state index contributed by atoms with van der Waals surface area (Å²) in [5.41, 5.74) is 2.32. The van der Waals surface area contributed by atoms with Gasteiger partial charge in [-0.15, -0.1) is 0 Å². The Labute approximate surface area is 147 Å². The molecule has 1 heterocycles. The first-order valence-electron chi connectivity index (χ1n) is 8.61. The first kappa shape index (κ1) is 15.9. The Morgan fingerprint density at radius 3 is 2.40 bits per heavy atom. The molecule has 1 saturated heterocycles. The number of carbonyl (C=O) groups excluding carboxylic acids is 1. The number of carbonyl (C=O) groups is 1. The molecule has 0 aromatic heterocycles. The Morgan fingerprint density at radius 2 is 1.60 bits per heavy atom. The fourth-order valence-electron chi connectivity index (χ4n) is 3.57. The van der Waals surface area contributed by atoms with Crippen molar-refractivity contribution in [3.05, 3.63) is 83.9 Å². The number of hydrogen-bond acceptors (Lipinski definition) is 2. The van der Waals surface area contributed by atoms with Gasteiger partial charge in [0.15, 0.2) is 0 Å². The highest BCUT2D eigenvalue weighted by molar-refractivity contribution is 5.83. The van der Waals surface area contributed by atoms with E-state index in [9.17, 15) is 4.79 Å². The van der Waals surface area contributed by atoms with Crippen LogP contribution in [0.1, 0.15) is 23.1 Å². The average Bonchev–Trinajstić information content (AvgIpc) is 2.81. The van der Waals surface area contributed by atoms with Gasteiger partial charge in [-0.1, -0.05) is 72.8 Å². The molecule has 25 heavy (non-hydrogen) atoms. The third kappa shape index (κ3) is 3.15. The summed E-state index contributed by atoms with van der Waals surface area (Å²) in [6.45, 7) is 0.775. The van der Waals surface area contributed by atoms with Crippen molar-refractivity contribution in [2.24, 2.45) is 0 Å². The maximum Gasteiger partial charge on any atom is 0.248 e. The van der Waals surface area contributed by atoms with Crippen molar-refractivity contribution in [3.63, 3.8) is 0 Å². The molecule has 3 nitrogen and oxygen atoms in total. The molecule has 3 aromatic rings. The molecule has 0 spiro atoms. The normalized spacial score (nSPS) is 21.3. The van der Waals surface area contributed by atoms with Gasteiger partial charge in [-0.25, -0.2) is 0 Å². The number of likely N-dealkylation sites (N-methyl/N-ethyl adjacent to an activating group) is 1. The van der Waals surface area contributed by atoms with E-state index in [4.69, 9.17) is 4.74 Å². The third-order valence-corrected chi connectivity index (χ3v) is 4.98. The Kier molecular flexibility index (Phi) is 4.24. The van der Waals surface area contributed by atoms with Crippen LogP contribution in [0, 0.1) is 0 Å². The Bertz CT molecular complexity index is 891. The first-order valence-corrected chi connectivity index (χ1v) is 8.61. The van der Waals surface area contributed by atoms with Crippen molar-refractivity contribution in [3.8, 4) is 0 Å². The first-order chi connectivity index (χ1) is 12.2. The zero-order chi connectivity index (χ0) is 17.2. The van der Waals surface area contributed by atoms with Crippen LogP contribution < -0.4 is 0 Å². The van der Waals surface area contributed by atoms with Crippen molar-refractivity contribution >= 4 is 16.7 Å². The topological polar surface area (TPSA) is 29.5 Å². The van der Waals surface area contributed by atoms with Crippen LogP contribution in [0.2, 0.25) is 0 Å². The molecule has 2 atom stereocenters. The van der Waals surface area contributed by atoms with Gasteiger partial charge in [0.2, 0.25) is 5.91 Å². The fraction of sp³-hybridized carbons (Fsp3) is 0.227. The van der Waals surface area contributed by atoms with Crippen molar-refractivity contribution < 1.29 is 9.53 Å². The number of amides is 1. The molecule has 3 heteroatoms. The molecule has 1 fully saturated rings. The molecule has 0 saturated carbocycles. The highest BCUT2D eigenvalue weighted by atomic mass is 16.5. The summed E-state index contributed by atoms with van der Waals surface area (Å²) in [5.74, 6) is 0.132. The van der Waals surface area contributed by atoms with Crippen LogP contribution in [0.3, 0.4) is 0 Å². The minimum atomic E-state index is -0.128. The van der Waals surface area contributed by atoms with Gasteiger partial charge in [0.25, 0.3) is 0 Å². The smallest absolute Gasteiger partial charge is 0.248 e. The molecule has 0 radical (unpaired) electrons. The van der Waals surface area contributed by atoms with E-state index in [0.29, 0.717) is 6.54 Å². The lowest BCUT2D eigenvalue weighted by Crippen LogP contribution is -2.30. The van der Waals surface area contributed by atoms with Crippen LogP contribution in [0.4, 0.5) is 0 Å². The van der Waals surface area contributed by atoms with Gasteiger partial charge in [0, 0.05) is 19.5 Å². The Hall–Kier alpha value is -2.65. The highest BCUT2D eigenvalue weighted by Gasteiger charge is 2.32. The summed E-state index contributed by atoms with van der Waals surface area (Å²) in [6.07, 6.45) is -0.128. The molecule has 0 bridgehead atoms. The molecule has 0 unspecified atom stereocenters. The summed E-state index contributed by atoms with van der Waals surface area (Å²) < 4.78 is 6.06. The zero-order valence-corrected chi connectivity index (χ0v) is 14.3. The minimum Gasteiger partial charge on any atom is -0.363 e. The van der Waals surface area contributed by atoms with Crippen LogP contribution in [-0.4, -0.2) is 31.0 Å². The van der Waals surface area contributed by atoms with E-state index < -0.39 is 0 Å². The lowest BCUT2D eigenvalue weighted by atomic mass is 9.87. The SMILES string of the molecule is CN1C[C@H](c2ccc3ccccc3c2)[C@H](c2ccccc2)OCC1=O. The Balaban J connectivity index is 1.79. The summed E-state index contributed by atoms with van der Waals surface area (Å²) in [7, 11) is 1.85. The van der Waals surface area contributed by atoms with Crippen LogP contribution >= 0.6 is 0 Å². The maximum atomic E-state index is 12.2. The Morgan fingerprint density at radius 1 is 0.880 bits per heavy atom. The number of ether oxygens (including phenoxy) is 1. The number of hydrogen-bond donors (Lipinski definition) is 0. The monoisotopic (exact) mass is 331 g/mol. The number of benzene rings is 3. The van der Waals surface area contributed by atoms with Crippen LogP contribution in [-0.2, 0) is 9.53 Å². The molecule has 0 N–H and O–H groups in total. The average molecular weight is 331 g/mol. The number of nitrogens with zero attached hydrogens (tertiary/aromatic N) is 1. The van der Waals surface area contributed by atoms with Gasteiger partial charge < -0.3 is 9.64 Å². The predicted molar refractivity (Wildman–Crippen MR) is 99.5 cm³/mol. The molecule has 1 aliphatic rings. The van der Waals surface area contributed by atoms with Crippen LogP contribution in [0.15, 0.2) is 72.8 Å². The predicted octanol–water partition coefficient (Wildman–Crippen LogP) is 4.15. The second-order valence-electron chi connectivity index (χ2n) is 6.63. The standard InChI is InChI=1S/C22H21NO2/c1-23-14-20(19-12-11-16-7-5-6-10-18(16)13-19)22(25-15-21(23)24)17-8-3-2-4-9-17/h2-13,20,22H,14-15H2,1H3/t20-,22+/m1/s1. The van der Waals surface area contributed by atoms with E-state index in [-0.39, 0.29) is 24.5 Å². The summed E-state index contributed by atoms with van der Waals surface area (Å²) in [4.78, 5) is 14.0. The van der Waals surface area contributed by atoms with E-state index in [1.807, 2.05) is 25.2 Å². The van der Waals surface area contributed by atoms with Gasteiger partial charge in [-0.3, -0.25) is 4.79 Å². The molecular weight excluding hydrogens is 310 g/mol. The molecule has 0 aliphatic carbocycles. The van der Waals surface area contributed by atoms with Crippen LogP contribution in [0.25, 0.3) is 10.8 Å². The lowest BCUT2D eigenvalue weighted by molar-refractivity contribution is -0.133.